The lowest BCUT2D eigenvalue weighted by molar-refractivity contribution is -0.235. The van der Waals surface area contributed by atoms with Crippen molar-refractivity contribution in [2.75, 3.05) is 6.61 Å². The Hall–Kier alpha value is -2.38. The van der Waals surface area contributed by atoms with Crippen molar-refractivity contribution in [1.29, 1.82) is 0 Å². The molecule has 0 aromatic rings. The molecule has 0 spiro atoms. The van der Waals surface area contributed by atoms with Gasteiger partial charge in [0.15, 0.2) is 0 Å². The van der Waals surface area contributed by atoms with Crippen LogP contribution >= 0.6 is 0 Å². The van der Waals surface area contributed by atoms with E-state index >= 15 is 0 Å². The Morgan fingerprint density at radius 2 is 1.43 bits per heavy atom. The van der Waals surface area contributed by atoms with E-state index in [1.165, 1.54) is 26.3 Å². The lowest BCUT2D eigenvalue weighted by Gasteiger charge is -2.71. The van der Waals surface area contributed by atoms with Crippen molar-refractivity contribution in [3.05, 3.63) is 11.6 Å². The summed E-state index contributed by atoms with van der Waals surface area (Å²) in [5, 5.41) is 10.9. The van der Waals surface area contributed by atoms with Crippen LogP contribution in [0.4, 0.5) is 0 Å². The largest absolute Gasteiger partial charge is 0.481 e. The van der Waals surface area contributed by atoms with Crippen LogP contribution in [0.3, 0.4) is 0 Å². The number of carbonyl (C=O) groups excluding carboxylic acids is 3. The number of carboxylic acid groups (broad SMARTS) is 1. The Morgan fingerprint density at radius 1 is 0.795 bits per heavy atom. The van der Waals surface area contributed by atoms with E-state index < -0.39 is 28.9 Å². The van der Waals surface area contributed by atoms with E-state index in [0.29, 0.717) is 19.3 Å². The zero-order chi connectivity index (χ0) is 32.7. The average Bonchev–Trinajstić information content (AvgIpc) is 2.89. The number of fused-ring (bicyclic) bond motifs is 7. The van der Waals surface area contributed by atoms with E-state index in [-0.39, 0.29) is 64.1 Å². The van der Waals surface area contributed by atoms with Gasteiger partial charge in [-0.3, -0.25) is 19.2 Å². The van der Waals surface area contributed by atoms with Crippen molar-refractivity contribution < 1.29 is 38.5 Å². The fraction of sp³-hybridized carbons (Fsp3) is 0.833. The van der Waals surface area contributed by atoms with Crippen LogP contribution in [0.2, 0.25) is 0 Å². The maximum Gasteiger partial charge on any atom is 0.314 e. The van der Waals surface area contributed by atoms with Crippen LogP contribution < -0.4 is 0 Å². The van der Waals surface area contributed by atoms with Gasteiger partial charge in [0.25, 0.3) is 0 Å². The number of carboxylic acids is 1. The van der Waals surface area contributed by atoms with Crippen molar-refractivity contribution in [1.82, 2.24) is 0 Å². The average molecular weight is 615 g/mol. The normalized spacial score (nSPS) is 45.7. The zero-order valence-electron chi connectivity index (χ0n) is 28.3. The van der Waals surface area contributed by atoms with Gasteiger partial charge in [0.05, 0.1) is 0 Å². The van der Waals surface area contributed by atoms with E-state index in [1.54, 1.807) is 0 Å². The lowest BCUT2D eigenvalue weighted by Crippen LogP contribution is -2.68. The molecular weight excluding hydrogens is 560 g/mol. The second-order valence-electron chi connectivity index (χ2n) is 16.8. The summed E-state index contributed by atoms with van der Waals surface area (Å²) in [6.07, 6.45) is 8.08. The molecule has 5 aliphatic rings. The molecule has 0 radical (unpaired) electrons. The van der Waals surface area contributed by atoms with Gasteiger partial charge in [0, 0.05) is 32.1 Å². The molecule has 0 aromatic carbocycles. The highest BCUT2D eigenvalue weighted by Gasteiger charge is 2.72. The van der Waals surface area contributed by atoms with Gasteiger partial charge in [0.2, 0.25) is 0 Å². The van der Waals surface area contributed by atoms with E-state index in [4.69, 9.17) is 14.2 Å². The standard InChI is InChI=1S/C36H54O8/c1-21(37)42-20-33(7)26-12-15-34(8)27(32(26,6)14-13-28(33)43-22(2)38)11-10-24-25-18-31(4,5)16-17-36(25,30(40)41)29(44-23(3)39)19-35(24,34)9/h10,25-29H,11-20H2,1-9H3,(H,40,41)/t25-,26+,27+,28-,29-,32-,33-,34+,35+,36+/m0/s1. The maximum absolute atomic E-state index is 13.3. The van der Waals surface area contributed by atoms with Gasteiger partial charge in [-0.05, 0) is 91.3 Å². The van der Waals surface area contributed by atoms with Gasteiger partial charge in [-0.25, -0.2) is 0 Å². The molecule has 0 saturated heterocycles. The molecule has 246 valence electrons. The van der Waals surface area contributed by atoms with Gasteiger partial charge in [-0.1, -0.05) is 53.2 Å². The summed E-state index contributed by atoms with van der Waals surface area (Å²) in [6, 6.07) is 0. The highest BCUT2D eigenvalue weighted by Crippen LogP contribution is 2.76. The fourth-order valence-corrected chi connectivity index (χ4v) is 11.7. The first kappa shape index (κ1) is 33.0. The maximum atomic E-state index is 13.3. The number of aliphatic carboxylic acids is 1. The van der Waals surface area contributed by atoms with Gasteiger partial charge >= 0.3 is 23.9 Å². The third kappa shape index (κ3) is 4.66. The molecule has 0 aliphatic heterocycles. The van der Waals surface area contributed by atoms with Crippen LogP contribution in [0.25, 0.3) is 0 Å². The molecule has 8 nitrogen and oxygen atoms in total. The van der Waals surface area contributed by atoms with Crippen molar-refractivity contribution in [3.63, 3.8) is 0 Å². The number of ether oxygens (including phenoxy) is 3. The summed E-state index contributed by atoms with van der Waals surface area (Å²) in [4.78, 5) is 50.0. The number of hydrogen-bond donors (Lipinski definition) is 1. The smallest absolute Gasteiger partial charge is 0.314 e. The van der Waals surface area contributed by atoms with Crippen molar-refractivity contribution >= 4 is 23.9 Å². The van der Waals surface area contributed by atoms with Crippen LogP contribution in [0.5, 0.6) is 0 Å². The van der Waals surface area contributed by atoms with Crippen molar-refractivity contribution in [3.8, 4) is 0 Å². The van der Waals surface area contributed by atoms with Gasteiger partial charge in [0.1, 0.15) is 24.2 Å². The topological polar surface area (TPSA) is 116 Å². The molecule has 4 fully saturated rings. The molecule has 1 N–H and O–H groups in total. The van der Waals surface area contributed by atoms with E-state index in [1.807, 2.05) is 0 Å². The monoisotopic (exact) mass is 614 g/mol. The first-order valence-electron chi connectivity index (χ1n) is 16.7. The summed E-state index contributed by atoms with van der Waals surface area (Å²) >= 11 is 0. The third-order valence-corrected chi connectivity index (χ3v) is 14.0. The molecule has 5 aliphatic carbocycles. The molecule has 44 heavy (non-hydrogen) atoms. The molecule has 8 heteroatoms. The fourth-order valence-electron chi connectivity index (χ4n) is 11.7. The van der Waals surface area contributed by atoms with Crippen LogP contribution in [-0.4, -0.2) is 47.8 Å². The third-order valence-electron chi connectivity index (χ3n) is 14.0. The van der Waals surface area contributed by atoms with Crippen LogP contribution in [0, 0.1) is 50.2 Å². The molecule has 10 atom stereocenters. The molecular formula is C36H54O8. The summed E-state index contributed by atoms with van der Waals surface area (Å²) in [5.41, 5.74) is -1.08. The number of esters is 3. The van der Waals surface area contributed by atoms with Crippen LogP contribution in [0.15, 0.2) is 11.6 Å². The zero-order valence-corrected chi connectivity index (χ0v) is 28.3. The predicted octanol–water partition coefficient (Wildman–Crippen LogP) is 6.89. The van der Waals surface area contributed by atoms with Crippen LogP contribution in [0.1, 0.15) is 120 Å². The number of carbonyl (C=O) groups is 4. The second kappa shape index (κ2) is 10.6. The van der Waals surface area contributed by atoms with Gasteiger partial charge < -0.3 is 19.3 Å². The minimum absolute atomic E-state index is 0.0154. The molecule has 4 saturated carbocycles. The molecule has 0 amide bonds. The Labute approximate surface area is 263 Å². The Morgan fingerprint density at radius 3 is 2.02 bits per heavy atom. The van der Waals surface area contributed by atoms with E-state index in [2.05, 4.69) is 47.6 Å². The summed E-state index contributed by atoms with van der Waals surface area (Å²) < 4.78 is 17.6. The van der Waals surface area contributed by atoms with Crippen LogP contribution in [-0.2, 0) is 33.4 Å². The quantitative estimate of drug-likeness (QED) is 0.202. The minimum Gasteiger partial charge on any atom is -0.481 e. The first-order valence-corrected chi connectivity index (χ1v) is 16.7. The predicted molar refractivity (Wildman–Crippen MR) is 164 cm³/mol. The first-order chi connectivity index (χ1) is 20.3. The Kier molecular flexibility index (Phi) is 7.94. The highest BCUT2D eigenvalue weighted by molar-refractivity contribution is 5.78. The molecule has 5 rings (SSSR count). The number of allylic oxidation sites excluding steroid dienone is 2. The summed E-state index contributed by atoms with van der Waals surface area (Å²) in [7, 11) is 0. The Bertz CT molecular complexity index is 1270. The summed E-state index contributed by atoms with van der Waals surface area (Å²) in [5.74, 6) is -1.71. The number of hydrogen-bond acceptors (Lipinski definition) is 7. The number of rotatable bonds is 5. The van der Waals surface area contributed by atoms with Gasteiger partial charge in [-0.15, -0.1) is 0 Å². The van der Waals surface area contributed by atoms with Crippen molar-refractivity contribution in [2.45, 2.75) is 132 Å². The van der Waals surface area contributed by atoms with E-state index in [0.717, 1.165) is 38.5 Å². The Balaban J connectivity index is 1.62. The second-order valence-corrected chi connectivity index (χ2v) is 16.8. The minimum atomic E-state index is -1.12. The van der Waals surface area contributed by atoms with Crippen molar-refractivity contribution in [2.24, 2.45) is 50.2 Å². The highest BCUT2D eigenvalue weighted by atomic mass is 16.6. The van der Waals surface area contributed by atoms with E-state index in [9.17, 15) is 24.3 Å². The molecule has 0 unspecified atom stereocenters. The van der Waals surface area contributed by atoms with Gasteiger partial charge in [-0.2, -0.15) is 0 Å². The summed E-state index contributed by atoms with van der Waals surface area (Å²) in [6.45, 7) is 18.2. The SMILES string of the molecule is CC(=O)OC[C@@]1(C)[C@@H]2CC[C@]3(C)[C@H](CC=C4[C@@H]5CC(C)(C)CC[C@]5(C(=O)O)[C@@H](OC(C)=O)C[C@]43C)[C@@]2(C)CC[C@@H]1OC(C)=O. The lowest BCUT2D eigenvalue weighted by atomic mass is 9.33. The molecule has 0 bridgehead atoms. The molecule has 0 aromatic heterocycles. The molecule has 0 heterocycles.